The number of amides is 2. The van der Waals surface area contributed by atoms with Crippen molar-refractivity contribution in [2.75, 3.05) is 5.75 Å². The molecule has 1 fully saturated rings. The van der Waals surface area contributed by atoms with Crippen LogP contribution in [0.1, 0.15) is 12.5 Å². The van der Waals surface area contributed by atoms with Gasteiger partial charge in [0.25, 0.3) is 11.6 Å². The lowest BCUT2D eigenvalue weighted by Crippen LogP contribution is -2.74. The molecule has 0 bridgehead atoms. The zero-order valence-electron chi connectivity index (χ0n) is 14.5. The third kappa shape index (κ3) is 3.51. The Morgan fingerprint density at radius 1 is 1.39 bits per heavy atom. The number of nitro groups is 1. The molecule has 0 aliphatic carbocycles. The highest BCUT2D eigenvalue weighted by Crippen LogP contribution is 2.36. The number of nitro benzene ring substituents is 1. The van der Waals surface area contributed by atoms with Crippen LogP contribution in [0.15, 0.2) is 35.7 Å². The fourth-order valence-corrected chi connectivity index (χ4v) is 4.41. The average Bonchev–Trinajstić information content (AvgIpc) is 2.64. The van der Waals surface area contributed by atoms with Crippen molar-refractivity contribution in [3.05, 3.63) is 51.4 Å². The zero-order chi connectivity index (χ0) is 20.6. The molecule has 1 unspecified atom stereocenters. The van der Waals surface area contributed by atoms with Gasteiger partial charge in [0.2, 0.25) is 11.3 Å². The van der Waals surface area contributed by atoms with Crippen molar-refractivity contribution in [2.45, 2.75) is 24.9 Å². The van der Waals surface area contributed by atoms with E-state index in [1.54, 1.807) is 0 Å². The number of aliphatic hydroxyl groups excluding tert-OH is 1. The second-order valence-electron chi connectivity index (χ2n) is 6.10. The number of aliphatic hydroxyl groups is 1. The number of β-lactam (4-membered cyclic amide) rings is 1. The number of carbonyl (C=O) groups excluding carboxylic acids is 3. The van der Waals surface area contributed by atoms with Crippen LogP contribution in [0.5, 0.6) is 0 Å². The third-order valence-corrected chi connectivity index (χ3v) is 5.75. The molecule has 0 radical (unpaired) electrons. The van der Waals surface area contributed by atoms with Gasteiger partial charge in [-0.25, -0.2) is 4.79 Å². The summed E-state index contributed by atoms with van der Waals surface area (Å²) in [5.41, 5.74) is -0.0811. The molecule has 2 amide bonds. The predicted molar refractivity (Wildman–Crippen MR) is 93.8 cm³/mol. The number of non-ortho nitro benzene ring substituents is 1. The molecule has 2 aliphatic heterocycles. The highest BCUT2D eigenvalue weighted by atomic mass is 32.2. The van der Waals surface area contributed by atoms with Crippen molar-refractivity contribution < 1.29 is 33.7 Å². The standard InChI is InChI=1S/C16H15N3O8S/c1-8(20)17-12-14(22)18-13(11(21)7-28(26)15(12)18)16(23)27-6-9-2-4-10(5-3-9)19(24)25/h2-5,12,15,21H,6-7H2,1H3,(H,17,20)/t12?,15-,28+/m0/s1. The van der Waals surface area contributed by atoms with Gasteiger partial charge in [0.1, 0.15) is 6.61 Å². The van der Waals surface area contributed by atoms with Gasteiger partial charge in [-0.15, -0.1) is 0 Å². The van der Waals surface area contributed by atoms with Crippen molar-refractivity contribution in [3.8, 4) is 0 Å². The lowest BCUT2D eigenvalue weighted by atomic mass is 10.0. The Labute approximate surface area is 161 Å². The molecule has 1 saturated heterocycles. The van der Waals surface area contributed by atoms with E-state index in [2.05, 4.69) is 5.32 Å². The van der Waals surface area contributed by atoms with Gasteiger partial charge < -0.3 is 19.7 Å². The van der Waals surface area contributed by atoms with E-state index in [0.717, 1.165) is 4.90 Å². The maximum atomic E-state index is 12.4. The van der Waals surface area contributed by atoms with Gasteiger partial charge in [-0.1, -0.05) is 0 Å². The summed E-state index contributed by atoms with van der Waals surface area (Å²) in [6, 6.07) is 4.26. The summed E-state index contributed by atoms with van der Waals surface area (Å²) in [5.74, 6) is -3.07. The molecule has 2 heterocycles. The van der Waals surface area contributed by atoms with E-state index in [1.165, 1.54) is 31.2 Å². The SMILES string of the molecule is CC(=O)NC1C(=O)N2C(C(=O)OCc3ccc([N+](=O)[O-])cc3)=C(O)C[S@@+]([O-])[C@@H]12. The Morgan fingerprint density at radius 2 is 2.04 bits per heavy atom. The van der Waals surface area contributed by atoms with Crippen LogP contribution in [0.2, 0.25) is 0 Å². The van der Waals surface area contributed by atoms with E-state index < -0.39 is 56.8 Å². The van der Waals surface area contributed by atoms with E-state index in [9.17, 15) is 34.2 Å². The van der Waals surface area contributed by atoms with Crippen molar-refractivity contribution >= 4 is 34.6 Å². The molecule has 0 saturated carbocycles. The highest BCUT2D eigenvalue weighted by Gasteiger charge is 2.61. The summed E-state index contributed by atoms with van der Waals surface area (Å²) in [5, 5.41) is 22.1. The second kappa shape index (κ2) is 7.48. The molecule has 148 valence electrons. The molecule has 1 aromatic rings. The number of nitrogens with one attached hydrogen (secondary N) is 1. The summed E-state index contributed by atoms with van der Waals surface area (Å²) >= 11 is -1.70. The molecular weight excluding hydrogens is 394 g/mol. The molecule has 3 rings (SSSR count). The fraction of sp³-hybridized carbons (Fsp3) is 0.312. The summed E-state index contributed by atoms with van der Waals surface area (Å²) in [7, 11) is 0. The summed E-state index contributed by atoms with van der Waals surface area (Å²) in [4.78, 5) is 46.8. The van der Waals surface area contributed by atoms with Crippen LogP contribution >= 0.6 is 0 Å². The predicted octanol–water partition coefficient (Wildman–Crippen LogP) is -0.157. The number of esters is 1. The van der Waals surface area contributed by atoms with Crippen LogP contribution in [0.25, 0.3) is 0 Å². The summed E-state index contributed by atoms with van der Waals surface area (Å²) < 4.78 is 17.3. The molecule has 2 aliphatic rings. The first kappa shape index (κ1) is 19.6. The van der Waals surface area contributed by atoms with Gasteiger partial charge >= 0.3 is 5.97 Å². The minimum Gasteiger partial charge on any atom is -0.614 e. The molecule has 0 aromatic heterocycles. The number of rotatable bonds is 5. The van der Waals surface area contributed by atoms with Gasteiger partial charge in [0.05, 0.1) is 4.92 Å². The Hall–Kier alpha value is -3.12. The minimum absolute atomic E-state index is 0.122. The number of hydrogen-bond acceptors (Lipinski definition) is 8. The zero-order valence-corrected chi connectivity index (χ0v) is 15.3. The van der Waals surface area contributed by atoms with Crippen molar-refractivity contribution in [2.24, 2.45) is 0 Å². The van der Waals surface area contributed by atoms with E-state index in [1.807, 2.05) is 0 Å². The molecule has 1 aromatic carbocycles. The molecule has 28 heavy (non-hydrogen) atoms. The number of benzene rings is 1. The first-order valence-corrected chi connectivity index (χ1v) is 9.39. The van der Waals surface area contributed by atoms with Crippen molar-refractivity contribution in [1.82, 2.24) is 10.2 Å². The lowest BCUT2D eigenvalue weighted by Gasteiger charge is -2.48. The van der Waals surface area contributed by atoms with E-state index in [0.29, 0.717) is 5.56 Å². The number of fused-ring (bicyclic) bond motifs is 1. The van der Waals surface area contributed by atoms with Gasteiger partial charge in [-0.05, 0) is 28.9 Å². The number of nitrogens with zero attached hydrogens (tertiary/aromatic N) is 2. The summed E-state index contributed by atoms with van der Waals surface area (Å²) in [6.07, 6.45) is 0. The Balaban J connectivity index is 1.72. The first-order valence-electron chi connectivity index (χ1n) is 8.00. The number of ether oxygens (including phenoxy) is 1. The number of hydrogen-bond donors (Lipinski definition) is 2. The molecule has 12 heteroatoms. The van der Waals surface area contributed by atoms with E-state index in [4.69, 9.17) is 4.74 Å². The van der Waals surface area contributed by atoms with Crippen molar-refractivity contribution in [1.29, 1.82) is 0 Å². The van der Waals surface area contributed by atoms with E-state index in [-0.39, 0.29) is 18.0 Å². The van der Waals surface area contributed by atoms with Gasteiger partial charge in [-0.2, -0.15) is 0 Å². The van der Waals surface area contributed by atoms with Crippen LogP contribution in [-0.4, -0.2) is 54.4 Å². The normalized spacial score (nSPS) is 23.6. The van der Waals surface area contributed by atoms with Crippen molar-refractivity contribution in [3.63, 3.8) is 0 Å². The molecular formula is C16H15N3O8S. The molecule has 2 N–H and O–H groups in total. The van der Waals surface area contributed by atoms with Gasteiger partial charge in [-0.3, -0.25) is 24.6 Å². The monoisotopic (exact) mass is 409 g/mol. The van der Waals surface area contributed by atoms with Crippen LogP contribution in [0.3, 0.4) is 0 Å². The minimum atomic E-state index is -1.70. The smallest absolute Gasteiger partial charge is 0.359 e. The lowest BCUT2D eigenvalue weighted by molar-refractivity contribution is -0.384. The summed E-state index contributed by atoms with van der Waals surface area (Å²) in [6.45, 7) is 0.951. The Morgan fingerprint density at radius 3 is 2.61 bits per heavy atom. The van der Waals surface area contributed by atoms with Gasteiger partial charge in [0.15, 0.2) is 23.3 Å². The largest absolute Gasteiger partial charge is 0.614 e. The molecule has 3 atom stereocenters. The first-order chi connectivity index (χ1) is 13.2. The second-order valence-corrected chi connectivity index (χ2v) is 7.63. The number of carbonyl (C=O) groups is 3. The van der Waals surface area contributed by atoms with Crippen LogP contribution in [-0.2, 0) is 36.9 Å². The molecule has 11 nitrogen and oxygen atoms in total. The van der Waals surface area contributed by atoms with Crippen LogP contribution in [0, 0.1) is 10.1 Å². The Kier molecular flexibility index (Phi) is 5.25. The maximum Gasteiger partial charge on any atom is 0.359 e. The highest BCUT2D eigenvalue weighted by molar-refractivity contribution is 7.92. The van der Waals surface area contributed by atoms with Crippen LogP contribution < -0.4 is 5.32 Å². The quantitative estimate of drug-likeness (QED) is 0.223. The maximum absolute atomic E-state index is 12.4. The van der Waals surface area contributed by atoms with Gasteiger partial charge in [0, 0.05) is 19.1 Å². The van der Waals surface area contributed by atoms with Crippen LogP contribution in [0.4, 0.5) is 5.69 Å². The topological polar surface area (TPSA) is 162 Å². The third-order valence-electron chi connectivity index (χ3n) is 4.17. The fourth-order valence-electron chi connectivity index (χ4n) is 2.90. The van der Waals surface area contributed by atoms with E-state index >= 15 is 0 Å². The Bertz CT molecular complexity index is 884. The average molecular weight is 409 g/mol. The molecule has 0 spiro atoms.